The number of phenols is 1. The monoisotopic (exact) mass is 220 g/mol. The largest absolute Gasteiger partial charge is 0.508 e. The van der Waals surface area contributed by atoms with Gasteiger partial charge in [-0.3, -0.25) is 4.79 Å². The van der Waals surface area contributed by atoms with Crippen LogP contribution in [-0.2, 0) is 9.53 Å². The molecule has 2 aliphatic rings. The van der Waals surface area contributed by atoms with Gasteiger partial charge in [0.05, 0.1) is 6.61 Å². The second-order valence-corrected chi connectivity index (χ2v) is 4.11. The molecule has 1 saturated carbocycles. The molecule has 1 N–H and O–H groups in total. The SMILES string of the molecule is CCOC(=O)[C@@H]1C2Oc3ccc(O)cc3[C@H]21. The molecule has 0 aromatic heterocycles. The van der Waals surface area contributed by atoms with Gasteiger partial charge < -0.3 is 14.6 Å². The van der Waals surface area contributed by atoms with Crippen LogP contribution in [0.25, 0.3) is 0 Å². The van der Waals surface area contributed by atoms with Crippen molar-refractivity contribution in [1.82, 2.24) is 0 Å². The Bertz CT molecular complexity index is 454. The van der Waals surface area contributed by atoms with Gasteiger partial charge in [-0.05, 0) is 25.1 Å². The van der Waals surface area contributed by atoms with E-state index in [1.54, 1.807) is 25.1 Å². The topological polar surface area (TPSA) is 55.8 Å². The molecule has 1 heterocycles. The molecular weight excluding hydrogens is 208 g/mol. The van der Waals surface area contributed by atoms with Crippen LogP contribution in [0.5, 0.6) is 11.5 Å². The third-order valence-electron chi connectivity index (χ3n) is 3.13. The molecule has 4 heteroatoms. The van der Waals surface area contributed by atoms with Crippen LogP contribution in [0.2, 0.25) is 0 Å². The van der Waals surface area contributed by atoms with E-state index >= 15 is 0 Å². The Morgan fingerprint density at radius 3 is 3.12 bits per heavy atom. The molecule has 1 fully saturated rings. The first-order valence-electron chi connectivity index (χ1n) is 5.38. The minimum absolute atomic E-state index is 0.0705. The minimum atomic E-state index is -0.202. The van der Waals surface area contributed by atoms with Gasteiger partial charge in [-0.25, -0.2) is 0 Å². The Hall–Kier alpha value is -1.71. The lowest BCUT2D eigenvalue weighted by atomic mass is 10.1. The summed E-state index contributed by atoms with van der Waals surface area (Å²) in [5, 5.41) is 9.39. The number of hydrogen-bond donors (Lipinski definition) is 1. The average Bonchev–Trinajstić information content (AvgIpc) is 2.85. The van der Waals surface area contributed by atoms with Crippen LogP contribution >= 0.6 is 0 Å². The highest BCUT2D eigenvalue weighted by Gasteiger charge is 2.63. The summed E-state index contributed by atoms with van der Waals surface area (Å²) in [7, 11) is 0. The van der Waals surface area contributed by atoms with Crippen molar-refractivity contribution in [1.29, 1.82) is 0 Å². The van der Waals surface area contributed by atoms with Crippen molar-refractivity contribution < 1.29 is 19.4 Å². The molecular formula is C12H12O4. The first kappa shape index (κ1) is 9.51. The van der Waals surface area contributed by atoms with Crippen molar-refractivity contribution in [2.24, 2.45) is 5.92 Å². The van der Waals surface area contributed by atoms with Crippen molar-refractivity contribution in [3.63, 3.8) is 0 Å². The summed E-state index contributed by atoms with van der Waals surface area (Å²) in [5.74, 6) is 0.660. The molecule has 1 aliphatic heterocycles. The Balaban J connectivity index is 1.84. The van der Waals surface area contributed by atoms with Gasteiger partial charge >= 0.3 is 5.97 Å². The molecule has 1 aromatic carbocycles. The molecule has 0 saturated heterocycles. The summed E-state index contributed by atoms with van der Waals surface area (Å²) < 4.78 is 10.6. The number of carbonyl (C=O) groups excluding carboxylic acids is 1. The lowest BCUT2D eigenvalue weighted by molar-refractivity contribution is -0.145. The van der Waals surface area contributed by atoms with Crippen molar-refractivity contribution in [3.05, 3.63) is 23.8 Å². The molecule has 84 valence electrons. The smallest absolute Gasteiger partial charge is 0.313 e. The fourth-order valence-electron chi connectivity index (χ4n) is 2.37. The second-order valence-electron chi connectivity index (χ2n) is 4.11. The first-order chi connectivity index (χ1) is 7.72. The molecule has 0 radical (unpaired) electrons. The highest BCUT2D eigenvalue weighted by atomic mass is 16.5. The zero-order valence-electron chi connectivity index (χ0n) is 8.84. The molecule has 0 amide bonds. The molecule has 1 aromatic rings. The summed E-state index contributed by atoms with van der Waals surface area (Å²) in [6.07, 6.45) is -0.0872. The Morgan fingerprint density at radius 2 is 2.38 bits per heavy atom. The van der Waals surface area contributed by atoms with Crippen molar-refractivity contribution in [2.75, 3.05) is 6.61 Å². The quantitative estimate of drug-likeness (QED) is 0.766. The van der Waals surface area contributed by atoms with Crippen molar-refractivity contribution in [2.45, 2.75) is 18.9 Å². The number of esters is 1. The van der Waals surface area contributed by atoms with Crippen LogP contribution in [0.15, 0.2) is 18.2 Å². The maximum atomic E-state index is 11.5. The van der Waals surface area contributed by atoms with Crippen LogP contribution in [-0.4, -0.2) is 23.8 Å². The fourth-order valence-corrected chi connectivity index (χ4v) is 2.37. The van der Waals surface area contributed by atoms with E-state index in [1.807, 2.05) is 0 Å². The molecule has 1 unspecified atom stereocenters. The molecule has 4 nitrogen and oxygen atoms in total. The predicted molar refractivity (Wildman–Crippen MR) is 55.4 cm³/mol. The highest BCUT2D eigenvalue weighted by molar-refractivity contribution is 5.80. The van der Waals surface area contributed by atoms with Crippen molar-refractivity contribution in [3.8, 4) is 11.5 Å². The molecule has 3 atom stereocenters. The Labute approximate surface area is 92.8 Å². The van der Waals surface area contributed by atoms with Gasteiger partial charge in [0.1, 0.15) is 23.5 Å². The molecule has 0 bridgehead atoms. The molecule has 16 heavy (non-hydrogen) atoms. The average molecular weight is 220 g/mol. The number of benzene rings is 1. The summed E-state index contributed by atoms with van der Waals surface area (Å²) in [4.78, 5) is 11.5. The third kappa shape index (κ3) is 1.19. The van der Waals surface area contributed by atoms with E-state index in [0.717, 1.165) is 11.3 Å². The van der Waals surface area contributed by atoms with Gasteiger partial charge in [0.15, 0.2) is 0 Å². The Kier molecular flexibility index (Phi) is 1.87. The van der Waals surface area contributed by atoms with Gasteiger partial charge in [0.25, 0.3) is 0 Å². The number of phenolic OH excluding ortho intramolecular Hbond substituents is 1. The van der Waals surface area contributed by atoms with Crippen LogP contribution < -0.4 is 4.74 Å². The van der Waals surface area contributed by atoms with E-state index in [1.165, 1.54) is 0 Å². The van der Waals surface area contributed by atoms with E-state index in [0.29, 0.717) is 6.61 Å². The standard InChI is InChI=1S/C12H12O4/c1-2-15-12(14)10-9-7-5-6(13)3-4-8(7)16-11(9)10/h3-5,9-11,13H,2H2,1H3/t9-,10-,11?/m0/s1. The van der Waals surface area contributed by atoms with E-state index in [-0.39, 0.29) is 29.7 Å². The lowest BCUT2D eigenvalue weighted by Crippen LogP contribution is -2.13. The number of fused-ring (bicyclic) bond motifs is 3. The van der Waals surface area contributed by atoms with E-state index in [9.17, 15) is 9.90 Å². The molecule has 3 rings (SSSR count). The number of carbonyl (C=O) groups is 1. The number of hydrogen-bond acceptors (Lipinski definition) is 4. The maximum Gasteiger partial charge on any atom is 0.313 e. The van der Waals surface area contributed by atoms with E-state index < -0.39 is 0 Å². The molecule has 1 aliphatic carbocycles. The summed E-state index contributed by atoms with van der Waals surface area (Å²) in [6, 6.07) is 4.99. The normalized spacial score (nSPS) is 28.9. The lowest BCUT2D eigenvalue weighted by Gasteiger charge is -2.07. The van der Waals surface area contributed by atoms with Crippen molar-refractivity contribution >= 4 is 5.97 Å². The van der Waals surface area contributed by atoms with E-state index in [4.69, 9.17) is 9.47 Å². The second kappa shape index (κ2) is 3.14. The minimum Gasteiger partial charge on any atom is -0.508 e. The van der Waals surface area contributed by atoms with Gasteiger partial charge in [-0.15, -0.1) is 0 Å². The van der Waals surface area contributed by atoms with Gasteiger partial charge in [0, 0.05) is 11.5 Å². The van der Waals surface area contributed by atoms with Crippen LogP contribution in [0.4, 0.5) is 0 Å². The summed E-state index contributed by atoms with van der Waals surface area (Å²) in [6.45, 7) is 2.18. The third-order valence-corrected chi connectivity index (χ3v) is 3.13. The fraction of sp³-hybridized carbons (Fsp3) is 0.417. The Morgan fingerprint density at radius 1 is 1.56 bits per heavy atom. The zero-order chi connectivity index (χ0) is 11.3. The number of aromatic hydroxyl groups is 1. The first-order valence-corrected chi connectivity index (χ1v) is 5.38. The van der Waals surface area contributed by atoms with Gasteiger partial charge in [-0.2, -0.15) is 0 Å². The molecule has 0 spiro atoms. The van der Waals surface area contributed by atoms with Gasteiger partial charge in [-0.1, -0.05) is 0 Å². The van der Waals surface area contributed by atoms with Crippen LogP contribution in [0.3, 0.4) is 0 Å². The summed E-state index contributed by atoms with van der Waals surface area (Å²) >= 11 is 0. The number of rotatable bonds is 2. The zero-order valence-corrected chi connectivity index (χ0v) is 8.84. The predicted octanol–water partition coefficient (Wildman–Crippen LogP) is 1.43. The number of ether oxygens (including phenoxy) is 2. The van der Waals surface area contributed by atoms with Crippen LogP contribution in [0.1, 0.15) is 18.4 Å². The summed E-state index contributed by atoms with van der Waals surface area (Å²) in [5.41, 5.74) is 0.919. The van der Waals surface area contributed by atoms with Gasteiger partial charge in [0.2, 0.25) is 0 Å². The highest BCUT2D eigenvalue weighted by Crippen LogP contribution is 2.59. The van der Waals surface area contributed by atoms with Crippen LogP contribution in [0, 0.1) is 5.92 Å². The maximum absolute atomic E-state index is 11.5. The van der Waals surface area contributed by atoms with E-state index in [2.05, 4.69) is 0 Å².